The van der Waals surface area contributed by atoms with Gasteiger partial charge in [0.1, 0.15) is 10.9 Å². The molecule has 0 atom stereocenters. The van der Waals surface area contributed by atoms with Crippen molar-refractivity contribution in [2.24, 2.45) is 0 Å². The Morgan fingerprint density at radius 2 is 2.11 bits per heavy atom. The highest BCUT2D eigenvalue weighted by atomic mass is 79.9. The Labute approximate surface area is 125 Å². The summed E-state index contributed by atoms with van der Waals surface area (Å²) in [4.78, 5) is 12.6. The molecule has 1 aromatic heterocycles. The predicted octanol–water partition coefficient (Wildman–Crippen LogP) is 4.40. The van der Waals surface area contributed by atoms with Crippen LogP contribution in [0.2, 0.25) is 0 Å². The zero-order valence-corrected chi connectivity index (χ0v) is 12.9. The molecule has 2 aromatic rings. The second-order valence-corrected chi connectivity index (χ2v) is 6.04. The van der Waals surface area contributed by atoms with E-state index in [-0.39, 0.29) is 5.91 Å². The van der Waals surface area contributed by atoms with Gasteiger partial charge in [0.15, 0.2) is 0 Å². The van der Waals surface area contributed by atoms with Crippen LogP contribution in [0.15, 0.2) is 38.6 Å². The molecular weight excluding hydrogens is 380 g/mol. The van der Waals surface area contributed by atoms with E-state index >= 15 is 0 Å². The molecule has 0 bridgehead atoms. The number of benzene rings is 1. The molecule has 0 aliphatic rings. The van der Waals surface area contributed by atoms with Gasteiger partial charge in [-0.05, 0) is 45.6 Å². The number of halogens is 2. The van der Waals surface area contributed by atoms with Crippen LogP contribution in [0.3, 0.4) is 0 Å². The van der Waals surface area contributed by atoms with Crippen molar-refractivity contribution >= 4 is 54.8 Å². The maximum Gasteiger partial charge on any atom is 0.266 e. The summed E-state index contributed by atoms with van der Waals surface area (Å²) in [6.45, 7) is 0. The minimum Gasteiger partial charge on any atom is -0.320 e. The maximum absolute atomic E-state index is 12.0. The van der Waals surface area contributed by atoms with E-state index in [1.54, 1.807) is 18.2 Å². The lowest BCUT2D eigenvalue weighted by Gasteiger charge is -2.06. The third kappa shape index (κ3) is 2.80. The molecule has 3 nitrogen and oxygen atoms in total. The van der Waals surface area contributed by atoms with Crippen molar-refractivity contribution < 1.29 is 4.79 Å². The number of hydrogen-bond donors (Lipinski definition) is 1. The van der Waals surface area contributed by atoms with Crippen molar-refractivity contribution in [3.63, 3.8) is 0 Å². The van der Waals surface area contributed by atoms with Crippen LogP contribution in [0, 0.1) is 11.3 Å². The van der Waals surface area contributed by atoms with Crippen molar-refractivity contribution in [3.8, 4) is 6.07 Å². The molecule has 0 unspecified atom stereocenters. The summed E-state index contributed by atoms with van der Waals surface area (Å²) in [7, 11) is 0. The van der Waals surface area contributed by atoms with Crippen molar-refractivity contribution in [1.29, 1.82) is 5.26 Å². The molecule has 0 saturated carbocycles. The molecule has 18 heavy (non-hydrogen) atoms. The highest BCUT2D eigenvalue weighted by molar-refractivity contribution is 9.10. The first kappa shape index (κ1) is 13.3. The summed E-state index contributed by atoms with van der Waals surface area (Å²) >= 11 is 7.96. The number of anilines is 1. The summed E-state index contributed by atoms with van der Waals surface area (Å²) in [5, 5.41) is 13.5. The van der Waals surface area contributed by atoms with Gasteiger partial charge in [-0.1, -0.05) is 15.9 Å². The number of carbonyl (C=O) groups excluding carboxylic acids is 1. The molecule has 0 aliphatic carbocycles. The van der Waals surface area contributed by atoms with Crippen LogP contribution in [0.1, 0.15) is 15.2 Å². The van der Waals surface area contributed by atoms with Gasteiger partial charge in [-0.15, -0.1) is 11.3 Å². The summed E-state index contributed by atoms with van der Waals surface area (Å²) in [5.41, 5.74) is 0.927. The fraction of sp³-hybridized carbons (Fsp3) is 0. The minimum absolute atomic E-state index is 0.230. The van der Waals surface area contributed by atoms with Crippen molar-refractivity contribution in [3.05, 3.63) is 49.0 Å². The first-order valence-corrected chi connectivity index (χ1v) is 7.32. The third-order valence-electron chi connectivity index (χ3n) is 2.17. The molecule has 1 amide bonds. The monoisotopic (exact) mass is 384 g/mol. The second kappa shape index (κ2) is 5.65. The first-order chi connectivity index (χ1) is 8.61. The van der Waals surface area contributed by atoms with Crippen LogP contribution >= 0.6 is 43.2 Å². The average molecular weight is 386 g/mol. The Bertz CT molecular complexity index is 646. The Morgan fingerprint density at radius 3 is 2.72 bits per heavy atom. The standard InChI is InChI=1S/C12H6Br2N2OS/c13-8-2-1-7(6-15)10(5-8)16-12(17)11-9(14)3-4-18-11/h1-5H,(H,16,17). The molecule has 0 spiro atoms. The molecule has 1 heterocycles. The van der Waals surface area contributed by atoms with Gasteiger partial charge in [0.2, 0.25) is 0 Å². The number of nitrogens with zero attached hydrogens (tertiary/aromatic N) is 1. The van der Waals surface area contributed by atoms with Gasteiger partial charge in [-0.25, -0.2) is 0 Å². The lowest BCUT2D eigenvalue weighted by Crippen LogP contribution is -2.11. The van der Waals surface area contributed by atoms with Gasteiger partial charge in [-0.3, -0.25) is 4.79 Å². The fourth-order valence-corrected chi connectivity index (χ4v) is 3.16. The number of rotatable bonds is 2. The summed E-state index contributed by atoms with van der Waals surface area (Å²) in [6, 6.07) is 8.98. The van der Waals surface area contributed by atoms with Gasteiger partial charge >= 0.3 is 0 Å². The fourth-order valence-electron chi connectivity index (χ4n) is 1.35. The lowest BCUT2D eigenvalue weighted by atomic mass is 10.2. The van der Waals surface area contributed by atoms with Crippen molar-refractivity contribution in [2.45, 2.75) is 0 Å². The summed E-state index contributed by atoms with van der Waals surface area (Å²) in [5.74, 6) is -0.230. The average Bonchev–Trinajstić information content (AvgIpc) is 2.76. The van der Waals surface area contributed by atoms with Crippen LogP contribution in [-0.4, -0.2) is 5.91 Å². The molecule has 0 fully saturated rings. The number of thiophene rings is 1. The number of carbonyl (C=O) groups is 1. The molecular formula is C12H6Br2N2OS. The van der Waals surface area contributed by atoms with E-state index < -0.39 is 0 Å². The van der Waals surface area contributed by atoms with Gasteiger partial charge in [0.25, 0.3) is 5.91 Å². The zero-order valence-electron chi connectivity index (χ0n) is 8.91. The minimum atomic E-state index is -0.230. The Balaban J connectivity index is 2.30. The highest BCUT2D eigenvalue weighted by Gasteiger charge is 2.13. The van der Waals surface area contributed by atoms with Crippen LogP contribution in [-0.2, 0) is 0 Å². The van der Waals surface area contributed by atoms with E-state index in [2.05, 4.69) is 37.2 Å². The molecule has 2 rings (SSSR count). The van der Waals surface area contributed by atoms with E-state index in [4.69, 9.17) is 5.26 Å². The van der Waals surface area contributed by atoms with Crippen molar-refractivity contribution in [1.82, 2.24) is 0 Å². The largest absolute Gasteiger partial charge is 0.320 e. The topological polar surface area (TPSA) is 52.9 Å². The zero-order chi connectivity index (χ0) is 13.1. The Kier molecular flexibility index (Phi) is 4.17. The number of nitrogens with one attached hydrogen (secondary N) is 1. The highest BCUT2D eigenvalue weighted by Crippen LogP contribution is 2.26. The molecule has 90 valence electrons. The number of hydrogen-bond acceptors (Lipinski definition) is 3. The van der Waals surface area contributed by atoms with E-state index in [0.717, 1.165) is 8.95 Å². The SMILES string of the molecule is N#Cc1ccc(Br)cc1NC(=O)c1sccc1Br. The van der Waals surface area contributed by atoms with Crippen LogP contribution in [0.5, 0.6) is 0 Å². The van der Waals surface area contributed by atoms with Crippen LogP contribution in [0.4, 0.5) is 5.69 Å². The molecule has 0 saturated heterocycles. The third-order valence-corrected chi connectivity index (χ3v) is 4.50. The van der Waals surface area contributed by atoms with Crippen molar-refractivity contribution in [2.75, 3.05) is 5.32 Å². The Morgan fingerprint density at radius 1 is 1.33 bits per heavy atom. The maximum atomic E-state index is 12.0. The first-order valence-electron chi connectivity index (χ1n) is 4.86. The van der Waals surface area contributed by atoms with Crippen LogP contribution < -0.4 is 5.32 Å². The normalized spacial score (nSPS) is 9.83. The molecule has 1 N–H and O–H groups in total. The van der Waals surface area contributed by atoms with Gasteiger partial charge in [0.05, 0.1) is 11.3 Å². The molecule has 0 radical (unpaired) electrons. The van der Waals surface area contributed by atoms with Gasteiger partial charge in [-0.2, -0.15) is 5.26 Å². The van der Waals surface area contributed by atoms with Crippen LogP contribution in [0.25, 0.3) is 0 Å². The number of nitriles is 1. The summed E-state index contributed by atoms with van der Waals surface area (Å²) < 4.78 is 1.56. The molecule has 0 aliphatic heterocycles. The van der Waals surface area contributed by atoms with E-state index in [0.29, 0.717) is 16.1 Å². The predicted molar refractivity (Wildman–Crippen MR) is 78.8 cm³/mol. The van der Waals surface area contributed by atoms with Gasteiger partial charge < -0.3 is 5.32 Å². The molecule has 1 aromatic carbocycles. The smallest absolute Gasteiger partial charge is 0.266 e. The van der Waals surface area contributed by atoms with E-state index in [1.165, 1.54) is 11.3 Å². The second-order valence-electron chi connectivity index (χ2n) is 3.35. The number of amides is 1. The summed E-state index contributed by atoms with van der Waals surface area (Å²) in [6.07, 6.45) is 0. The molecule has 6 heteroatoms. The Hall–Kier alpha value is -1.16. The van der Waals surface area contributed by atoms with E-state index in [9.17, 15) is 4.79 Å². The van der Waals surface area contributed by atoms with Gasteiger partial charge in [0, 0.05) is 8.95 Å². The van der Waals surface area contributed by atoms with E-state index in [1.807, 2.05) is 17.5 Å². The quantitative estimate of drug-likeness (QED) is 0.832. The lowest BCUT2D eigenvalue weighted by molar-refractivity contribution is 0.103.